The van der Waals surface area contributed by atoms with Crippen LogP contribution in [0.15, 0.2) is 18.2 Å². The lowest BCUT2D eigenvalue weighted by Gasteiger charge is -1.98. The molecule has 2 heteroatoms. The van der Waals surface area contributed by atoms with E-state index in [1.807, 2.05) is 19.1 Å². The quantitative estimate of drug-likeness (QED) is 0.500. The van der Waals surface area contributed by atoms with Crippen LogP contribution in [0.5, 0.6) is 0 Å². The number of halogens is 1. The van der Waals surface area contributed by atoms with Crippen molar-refractivity contribution in [3.8, 4) is 17.9 Å². The summed E-state index contributed by atoms with van der Waals surface area (Å²) in [5, 5.41) is 9.42. The maximum absolute atomic E-state index is 8.76. The molecule has 1 aromatic rings. The van der Waals surface area contributed by atoms with Crippen LogP contribution < -0.4 is 0 Å². The van der Waals surface area contributed by atoms with Gasteiger partial charge >= 0.3 is 0 Å². The Hall–Kier alpha value is -1.25. The fourth-order valence-corrected chi connectivity index (χ4v) is 1.16. The Morgan fingerprint density at radius 2 is 2.08 bits per heavy atom. The SMILES string of the molecule is Cc1c(C#N)cccc1C#CCBr. The first-order valence-electron chi connectivity index (χ1n) is 3.84. The molecule has 0 saturated heterocycles. The van der Waals surface area contributed by atoms with Gasteiger partial charge in [-0.1, -0.05) is 33.8 Å². The Morgan fingerprint density at radius 1 is 1.38 bits per heavy atom. The number of hydrogen-bond acceptors (Lipinski definition) is 1. The molecule has 0 bridgehead atoms. The Bertz CT molecular complexity index is 404. The smallest absolute Gasteiger partial charge is 0.0994 e. The molecule has 0 amide bonds. The van der Waals surface area contributed by atoms with Crippen LogP contribution >= 0.6 is 15.9 Å². The lowest BCUT2D eigenvalue weighted by Crippen LogP contribution is -1.86. The molecular weight excluding hydrogens is 226 g/mol. The Labute approximate surface area is 86.5 Å². The van der Waals surface area contributed by atoms with E-state index in [1.165, 1.54) is 0 Å². The van der Waals surface area contributed by atoms with Gasteiger partial charge in [0.1, 0.15) is 0 Å². The van der Waals surface area contributed by atoms with Gasteiger partial charge in [0.2, 0.25) is 0 Å². The van der Waals surface area contributed by atoms with E-state index in [-0.39, 0.29) is 0 Å². The number of benzene rings is 1. The van der Waals surface area contributed by atoms with Gasteiger partial charge in [-0.05, 0) is 24.6 Å². The van der Waals surface area contributed by atoms with Crippen LogP contribution in [0, 0.1) is 30.1 Å². The predicted octanol–water partition coefficient (Wildman–Crippen LogP) is 2.61. The van der Waals surface area contributed by atoms with E-state index < -0.39 is 0 Å². The molecule has 1 aromatic carbocycles. The van der Waals surface area contributed by atoms with Crippen LogP contribution in [0.1, 0.15) is 16.7 Å². The number of nitriles is 1. The van der Waals surface area contributed by atoms with Crippen molar-refractivity contribution in [1.29, 1.82) is 5.26 Å². The summed E-state index contributed by atoms with van der Waals surface area (Å²) in [6.45, 7) is 1.91. The molecule has 0 fully saturated rings. The van der Waals surface area contributed by atoms with Crippen LogP contribution in [0.25, 0.3) is 0 Å². The van der Waals surface area contributed by atoms with Gasteiger partial charge in [0, 0.05) is 5.56 Å². The molecular formula is C11H8BrN. The second-order valence-electron chi connectivity index (χ2n) is 2.53. The molecule has 0 aliphatic rings. The van der Waals surface area contributed by atoms with Gasteiger partial charge in [0.15, 0.2) is 0 Å². The molecule has 0 spiro atoms. The van der Waals surface area contributed by atoms with Crippen LogP contribution in [0.2, 0.25) is 0 Å². The first-order chi connectivity index (χ1) is 6.29. The lowest BCUT2D eigenvalue weighted by molar-refractivity contribution is 1.37. The van der Waals surface area contributed by atoms with Crippen molar-refractivity contribution in [2.24, 2.45) is 0 Å². The van der Waals surface area contributed by atoms with Gasteiger partial charge < -0.3 is 0 Å². The molecule has 1 rings (SSSR count). The summed E-state index contributed by atoms with van der Waals surface area (Å²) in [7, 11) is 0. The Morgan fingerprint density at radius 3 is 2.69 bits per heavy atom. The van der Waals surface area contributed by atoms with E-state index in [2.05, 4.69) is 33.8 Å². The highest BCUT2D eigenvalue weighted by atomic mass is 79.9. The molecule has 0 aliphatic heterocycles. The predicted molar refractivity (Wildman–Crippen MR) is 56.6 cm³/mol. The molecule has 1 nitrogen and oxygen atoms in total. The summed E-state index contributed by atoms with van der Waals surface area (Å²) in [6, 6.07) is 7.71. The van der Waals surface area contributed by atoms with E-state index in [0.717, 1.165) is 11.1 Å². The maximum Gasteiger partial charge on any atom is 0.0994 e. The molecule has 0 aromatic heterocycles. The van der Waals surface area contributed by atoms with Crippen LogP contribution in [0.4, 0.5) is 0 Å². The first-order valence-corrected chi connectivity index (χ1v) is 4.96. The van der Waals surface area contributed by atoms with Gasteiger partial charge in [0.25, 0.3) is 0 Å². The number of rotatable bonds is 0. The fourth-order valence-electron chi connectivity index (χ4n) is 1.02. The molecule has 13 heavy (non-hydrogen) atoms. The average molecular weight is 234 g/mol. The van der Waals surface area contributed by atoms with Gasteiger partial charge in [-0.15, -0.1) is 0 Å². The maximum atomic E-state index is 8.76. The van der Waals surface area contributed by atoms with Crippen molar-refractivity contribution < 1.29 is 0 Å². The van der Waals surface area contributed by atoms with Crippen LogP contribution in [0.3, 0.4) is 0 Å². The summed E-state index contributed by atoms with van der Waals surface area (Å²) in [4.78, 5) is 0. The monoisotopic (exact) mass is 233 g/mol. The van der Waals surface area contributed by atoms with E-state index in [1.54, 1.807) is 6.07 Å². The first kappa shape index (κ1) is 9.84. The minimum atomic E-state index is 0.656. The number of alkyl halides is 1. The molecule has 64 valence electrons. The molecule has 0 aliphatic carbocycles. The van der Waals surface area contributed by atoms with Gasteiger partial charge in [-0.2, -0.15) is 5.26 Å². The van der Waals surface area contributed by atoms with Crippen LogP contribution in [-0.4, -0.2) is 5.33 Å². The summed E-state index contributed by atoms with van der Waals surface area (Å²) in [5.74, 6) is 5.90. The number of nitrogens with zero attached hydrogens (tertiary/aromatic N) is 1. The van der Waals surface area contributed by atoms with Crippen LogP contribution in [-0.2, 0) is 0 Å². The second-order valence-corrected chi connectivity index (χ2v) is 3.09. The third kappa shape index (κ3) is 2.34. The molecule has 0 atom stereocenters. The summed E-state index contributed by atoms with van der Waals surface area (Å²) in [5.41, 5.74) is 2.58. The van der Waals surface area contributed by atoms with Gasteiger partial charge in [0.05, 0.1) is 17.0 Å². The summed E-state index contributed by atoms with van der Waals surface area (Å²) in [6.07, 6.45) is 0. The molecule has 0 heterocycles. The highest BCUT2D eigenvalue weighted by molar-refractivity contribution is 9.09. The standard InChI is InChI=1S/C11H8BrN/c1-9-10(6-3-7-12)4-2-5-11(9)8-13/h2,4-5H,7H2,1H3. The van der Waals surface area contributed by atoms with E-state index in [0.29, 0.717) is 10.9 Å². The highest BCUT2D eigenvalue weighted by Crippen LogP contribution is 2.11. The van der Waals surface area contributed by atoms with Gasteiger partial charge in [-0.3, -0.25) is 0 Å². The molecule has 0 N–H and O–H groups in total. The van der Waals surface area contributed by atoms with E-state index in [9.17, 15) is 0 Å². The zero-order valence-electron chi connectivity index (χ0n) is 7.26. The van der Waals surface area contributed by atoms with Crippen molar-refractivity contribution in [2.75, 3.05) is 5.33 Å². The van der Waals surface area contributed by atoms with Crippen molar-refractivity contribution in [2.45, 2.75) is 6.92 Å². The van der Waals surface area contributed by atoms with Crippen molar-refractivity contribution in [1.82, 2.24) is 0 Å². The Kier molecular flexibility index (Phi) is 3.55. The van der Waals surface area contributed by atoms with E-state index in [4.69, 9.17) is 5.26 Å². The third-order valence-electron chi connectivity index (χ3n) is 1.74. The Balaban J connectivity index is 3.18. The highest BCUT2D eigenvalue weighted by Gasteiger charge is 1.99. The zero-order valence-corrected chi connectivity index (χ0v) is 8.85. The number of hydrogen-bond donors (Lipinski definition) is 0. The fraction of sp³-hybridized carbons (Fsp3) is 0.182. The molecule has 0 radical (unpaired) electrons. The second kappa shape index (κ2) is 4.70. The molecule has 0 unspecified atom stereocenters. The summed E-state index contributed by atoms with van der Waals surface area (Å²) < 4.78 is 0. The van der Waals surface area contributed by atoms with Crippen molar-refractivity contribution >= 4 is 15.9 Å². The zero-order chi connectivity index (χ0) is 9.68. The minimum Gasteiger partial charge on any atom is -0.192 e. The molecule has 0 saturated carbocycles. The summed E-state index contributed by atoms with van der Waals surface area (Å²) >= 11 is 3.23. The lowest BCUT2D eigenvalue weighted by atomic mass is 10.0. The topological polar surface area (TPSA) is 23.8 Å². The minimum absolute atomic E-state index is 0.656. The van der Waals surface area contributed by atoms with Crippen molar-refractivity contribution in [3.05, 3.63) is 34.9 Å². The normalized spacial score (nSPS) is 8.38. The third-order valence-corrected chi connectivity index (χ3v) is 2.02. The largest absolute Gasteiger partial charge is 0.192 e. The average Bonchev–Trinajstić information content (AvgIpc) is 2.16. The van der Waals surface area contributed by atoms with Crippen molar-refractivity contribution in [3.63, 3.8) is 0 Å². The van der Waals surface area contributed by atoms with Gasteiger partial charge in [-0.25, -0.2) is 0 Å². The van der Waals surface area contributed by atoms with E-state index >= 15 is 0 Å².